The minimum atomic E-state index is -2.59. The molecule has 0 spiro atoms. The SMILES string of the molecule is NC[C@H]1[C@@H](c2ccccc2)C1(F)F. The Kier molecular flexibility index (Phi) is 1.84. The number of benzene rings is 1. The summed E-state index contributed by atoms with van der Waals surface area (Å²) in [6, 6.07) is 8.83. The first-order valence-electron chi connectivity index (χ1n) is 4.30. The van der Waals surface area contributed by atoms with Crippen LogP contribution in [0.5, 0.6) is 0 Å². The Morgan fingerprint density at radius 3 is 2.31 bits per heavy atom. The van der Waals surface area contributed by atoms with E-state index < -0.39 is 17.8 Å². The highest BCUT2D eigenvalue weighted by atomic mass is 19.3. The third-order valence-corrected chi connectivity index (χ3v) is 2.61. The number of hydrogen-bond acceptors (Lipinski definition) is 1. The highest BCUT2D eigenvalue weighted by molar-refractivity contribution is 5.32. The van der Waals surface area contributed by atoms with E-state index in [1.807, 2.05) is 6.07 Å². The number of halogens is 2. The Balaban J connectivity index is 2.22. The maximum atomic E-state index is 13.1. The Bertz CT molecular complexity index is 297. The van der Waals surface area contributed by atoms with E-state index in [0.29, 0.717) is 5.56 Å². The van der Waals surface area contributed by atoms with Crippen molar-refractivity contribution in [3.05, 3.63) is 35.9 Å². The van der Waals surface area contributed by atoms with Gasteiger partial charge in [0.05, 0.1) is 5.92 Å². The summed E-state index contributed by atoms with van der Waals surface area (Å²) >= 11 is 0. The van der Waals surface area contributed by atoms with Gasteiger partial charge in [0.1, 0.15) is 0 Å². The summed E-state index contributed by atoms with van der Waals surface area (Å²) in [6.45, 7) is 0.0621. The zero-order valence-corrected chi connectivity index (χ0v) is 7.08. The Morgan fingerprint density at radius 2 is 1.85 bits per heavy atom. The van der Waals surface area contributed by atoms with Gasteiger partial charge in [0, 0.05) is 12.5 Å². The van der Waals surface area contributed by atoms with Gasteiger partial charge in [-0.1, -0.05) is 30.3 Å². The number of rotatable bonds is 2. The molecule has 1 saturated carbocycles. The second-order valence-corrected chi connectivity index (χ2v) is 3.41. The van der Waals surface area contributed by atoms with Crippen molar-refractivity contribution in [1.29, 1.82) is 0 Å². The lowest BCUT2D eigenvalue weighted by Gasteiger charge is -1.96. The lowest BCUT2D eigenvalue weighted by Crippen LogP contribution is -2.06. The van der Waals surface area contributed by atoms with Crippen LogP contribution in [0.15, 0.2) is 30.3 Å². The van der Waals surface area contributed by atoms with Crippen LogP contribution in [0.3, 0.4) is 0 Å². The van der Waals surface area contributed by atoms with Gasteiger partial charge in [0.2, 0.25) is 0 Å². The molecule has 70 valence electrons. The van der Waals surface area contributed by atoms with Gasteiger partial charge in [-0.3, -0.25) is 0 Å². The predicted octanol–water partition coefficient (Wildman–Crippen LogP) is 1.99. The molecule has 0 unspecified atom stereocenters. The van der Waals surface area contributed by atoms with Gasteiger partial charge in [0.15, 0.2) is 0 Å². The summed E-state index contributed by atoms with van der Waals surface area (Å²) in [5.41, 5.74) is 5.95. The average Bonchev–Trinajstić information content (AvgIpc) is 2.69. The second-order valence-electron chi connectivity index (χ2n) is 3.41. The lowest BCUT2D eigenvalue weighted by atomic mass is 10.1. The van der Waals surface area contributed by atoms with E-state index >= 15 is 0 Å². The molecule has 1 aliphatic rings. The van der Waals surface area contributed by atoms with Crippen LogP contribution in [0.1, 0.15) is 11.5 Å². The van der Waals surface area contributed by atoms with Crippen molar-refractivity contribution >= 4 is 0 Å². The van der Waals surface area contributed by atoms with Gasteiger partial charge in [-0.05, 0) is 5.56 Å². The van der Waals surface area contributed by atoms with E-state index in [1.54, 1.807) is 24.3 Å². The molecule has 0 radical (unpaired) electrons. The van der Waals surface area contributed by atoms with Crippen LogP contribution in [0.4, 0.5) is 8.78 Å². The molecule has 0 bridgehead atoms. The Morgan fingerprint density at radius 1 is 1.23 bits per heavy atom. The first-order valence-corrected chi connectivity index (χ1v) is 4.30. The molecule has 2 atom stereocenters. The van der Waals surface area contributed by atoms with Crippen LogP contribution in [-0.2, 0) is 0 Å². The molecule has 0 aromatic heterocycles. The normalized spacial score (nSPS) is 30.1. The minimum Gasteiger partial charge on any atom is -0.330 e. The van der Waals surface area contributed by atoms with Crippen molar-refractivity contribution in [3.63, 3.8) is 0 Å². The van der Waals surface area contributed by atoms with E-state index in [0.717, 1.165) is 0 Å². The maximum absolute atomic E-state index is 13.1. The molecular weight excluding hydrogens is 172 g/mol. The number of alkyl halides is 2. The smallest absolute Gasteiger partial charge is 0.260 e. The molecule has 2 rings (SSSR count). The van der Waals surface area contributed by atoms with Gasteiger partial charge in [0.25, 0.3) is 5.92 Å². The minimum absolute atomic E-state index is 0.0621. The summed E-state index contributed by atoms with van der Waals surface area (Å²) in [7, 11) is 0. The molecule has 0 saturated heterocycles. The molecule has 1 nitrogen and oxygen atoms in total. The maximum Gasteiger partial charge on any atom is 0.260 e. The molecule has 1 aromatic rings. The first-order chi connectivity index (χ1) is 6.18. The van der Waals surface area contributed by atoms with Crippen molar-refractivity contribution in [2.24, 2.45) is 11.7 Å². The molecule has 1 fully saturated rings. The molecule has 0 heterocycles. The standard InChI is InChI=1S/C10H11F2N/c11-10(12)8(6-13)9(10)7-4-2-1-3-5-7/h1-5,8-9H,6,13H2/t8-,9+/m0/s1. The third-order valence-electron chi connectivity index (χ3n) is 2.61. The molecule has 1 aliphatic carbocycles. The lowest BCUT2D eigenvalue weighted by molar-refractivity contribution is 0.0947. The van der Waals surface area contributed by atoms with Gasteiger partial charge < -0.3 is 5.73 Å². The number of hydrogen-bond donors (Lipinski definition) is 1. The topological polar surface area (TPSA) is 26.0 Å². The van der Waals surface area contributed by atoms with E-state index in [9.17, 15) is 8.78 Å². The molecule has 0 amide bonds. The largest absolute Gasteiger partial charge is 0.330 e. The highest BCUT2D eigenvalue weighted by Crippen LogP contribution is 2.60. The molecule has 3 heteroatoms. The van der Waals surface area contributed by atoms with Gasteiger partial charge >= 0.3 is 0 Å². The monoisotopic (exact) mass is 183 g/mol. The van der Waals surface area contributed by atoms with Gasteiger partial charge in [-0.15, -0.1) is 0 Å². The molecule has 13 heavy (non-hydrogen) atoms. The summed E-state index contributed by atoms with van der Waals surface area (Å²) in [5.74, 6) is -3.90. The molecule has 1 aromatic carbocycles. The van der Waals surface area contributed by atoms with E-state index in [4.69, 9.17) is 5.73 Å². The van der Waals surface area contributed by atoms with Crippen LogP contribution in [-0.4, -0.2) is 12.5 Å². The molecule has 0 aliphatic heterocycles. The first kappa shape index (κ1) is 8.63. The van der Waals surface area contributed by atoms with Crippen LogP contribution in [0.2, 0.25) is 0 Å². The molecule has 2 N–H and O–H groups in total. The highest BCUT2D eigenvalue weighted by Gasteiger charge is 2.67. The summed E-state index contributed by atoms with van der Waals surface area (Å²) < 4.78 is 26.1. The fraction of sp³-hybridized carbons (Fsp3) is 0.400. The van der Waals surface area contributed by atoms with Crippen LogP contribution in [0.25, 0.3) is 0 Å². The Hall–Kier alpha value is -0.960. The third kappa shape index (κ3) is 1.23. The van der Waals surface area contributed by atoms with Crippen molar-refractivity contribution in [3.8, 4) is 0 Å². The van der Waals surface area contributed by atoms with E-state index in [2.05, 4.69) is 0 Å². The van der Waals surface area contributed by atoms with Crippen molar-refractivity contribution in [2.45, 2.75) is 11.8 Å². The quantitative estimate of drug-likeness (QED) is 0.745. The van der Waals surface area contributed by atoms with Crippen molar-refractivity contribution in [1.82, 2.24) is 0 Å². The van der Waals surface area contributed by atoms with Crippen molar-refractivity contribution < 1.29 is 8.78 Å². The molecular formula is C10H11F2N. The van der Waals surface area contributed by atoms with Gasteiger partial charge in [-0.25, -0.2) is 8.78 Å². The van der Waals surface area contributed by atoms with Crippen LogP contribution in [0, 0.1) is 5.92 Å². The Labute approximate surface area is 75.6 Å². The van der Waals surface area contributed by atoms with Crippen LogP contribution >= 0.6 is 0 Å². The fourth-order valence-electron chi connectivity index (χ4n) is 1.80. The van der Waals surface area contributed by atoms with E-state index in [-0.39, 0.29) is 6.54 Å². The zero-order valence-electron chi connectivity index (χ0n) is 7.08. The van der Waals surface area contributed by atoms with E-state index in [1.165, 1.54) is 0 Å². The zero-order chi connectivity index (χ0) is 9.47. The van der Waals surface area contributed by atoms with Crippen molar-refractivity contribution in [2.75, 3.05) is 6.54 Å². The number of nitrogens with two attached hydrogens (primary N) is 1. The predicted molar refractivity (Wildman–Crippen MR) is 46.7 cm³/mol. The fourth-order valence-corrected chi connectivity index (χ4v) is 1.80. The summed E-state index contributed by atoms with van der Waals surface area (Å²) in [6.07, 6.45) is 0. The summed E-state index contributed by atoms with van der Waals surface area (Å²) in [5, 5.41) is 0. The summed E-state index contributed by atoms with van der Waals surface area (Å²) in [4.78, 5) is 0. The second kappa shape index (κ2) is 2.77. The van der Waals surface area contributed by atoms with Gasteiger partial charge in [-0.2, -0.15) is 0 Å². The average molecular weight is 183 g/mol. The van der Waals surface area contributed by atoms with Crippen LogP contribution < -0.4 is 5.73 Å².